The average molecular weight is 439 g/mol. The molecule has 1 rings (SSSR count). The van der Waals surface area contributed by atoms with E-state index in [-0.39, 0.29) is 5.75 Å². The van der Waals surface area contributed by atoms with Crippen LogP contribution in [0, 0.1) is 6.07 Å². The summed E-state index contributed by atoms with van der Waals surface area (Å²) in [5.74, 6) is -37.2. The van der Waals surface area contributed by atoms with Gasteiger partial charge in [-0.05, 0) is 6.07 Å². The minimum atomic E-state index is -7.89. The lowest BCUT2D eigenvalue weighted by molar-refractivity contribution is -0.440. The van der Waals surface area contributed by atoms with Crippen molar-refractivity contribution in [1.29, 1.82) is 0 Å². The van der Waals surface area contributed by atoms with E-state index in [4.69, 9.17) is 0 Å². The first-order valence-electron chi connectivity index (χ1n) is 6.88. The standard InChI is InChI=1S/C14H8F13O/c15-9(16,6-7-28-8-4-2-1-3-5-8)10(17,18)11(19,20)12(21,22)13(23,24)14(25,26)27/h1-4H,6-7H2. The summed E-state index contributed by atoms with van der Waals surface area (Å²) >= 11 is 0. The first kappa shape index (κ1) is 24.1. The topological polar surface area (TPSA) is 9.23 Å². The van der Waals surface area contributed by atoms with Crippen molar-refractivity contribution in [3.63, 3.8) is 0 Å². The fraction of sp³-hybridized carbons (Fsp3) is 0.571. The SMILES string of the molecule is FC(F)(F)C(F)(F)C(F)(F)C(F)(F)C(F)(F)C(F)(F)CCOc1[c]cccc1. The summed E-state index contributed by atoms with van der Waals surface area (Å²) in [6.07, 6.45) is -9.83. The average Bonchev–Trinajstić information content (AvgIpc) is 2.53. The zero-order chi connectivity index (χ0) is 22.2. The Bertz CT molecular complexity index is 651. The van der Waals surface area contributed by atoms with E-state index in [9.17, 15) is 57.1 Å². The van der Waals surface area contributed by atoms with Gasteiger partial charge in [0.1, 0.15) is 5.75 Å². The molecule has 0 atom stereocenters. The fourth-order valence-corrected chi connectivity index (χ4v) is 1.71. The van der Waals surface area contributed by atoms with Gasteiger partial charge in [0.05, 0.1) is 13.0 Å². The first-order valence-corrected chi connectivity index (χ1v) is 6.88. The van der Waals surface area contributed by atoms with Crippen LogP contribution < -0.4 is 4.74 Å². The van der Waals surface area contributed by atoms with Crippen LogP contribution in [0.4, 0.5) is 57.1 Å². The molecule has 0 saturated carbocycles. The van der Waals surface area contributed by atoms with Gasteiger partial charge >= 0.3 is 35.8 Å². The molecule has 1 nitrogen and oxygen atoms in total. The Balaban J connectivity index is 3.11. The van der Waals surface area contributed by atoms with E-state index in [0.29, 0.717) is 0 Å². The van der Waals surface area contributed by atoms with Crippen LogP contribution in [-0.4, -0.2) is 42.4 Å². The molecule has 1 aromatic rings. The Morgan fingerprint density at radius 2 is 1.18 bits per heavy atom. The van der Waals surface area contributed by atoms with Crippen molar-refractivity contribution in [2.75, 3.05) is 6.61 Å². The summed E-state index contributed by atoms with van der Waals surface area (Å²) in [6.45, 7) is -1.50. The van der Waals surface area contributed by atoms with Gasteiger partial charge in [-0.15, -0.1) is 0 Å². The van der Waals surface area contributed by atoms with Gasteiger partial charge in [0.2, 0.25) is 0 Å². The molecule has 0 aromatic heterocycles. The van der Waals surface area contributed by atoms with Crippen LogP contribution in [0.15, 0.2) is 24.3 Å². The first-order chi connectivity index (χ1) is 12.3. The van der Waals surface area contributed by atoms with Crippen LogP contribution in [-0.2, 0) is 0 Å². The van der Waals surface area contributed by atoms with E-state index in [1.54, 1.807) is 0 Å². The Kier molecular flexibility index (Phi) is 6.19. The van der Waals surface area contributed by atoms with E-state index in [1.807, 2.05) is 0 Å². The summed E-state index contributed by atoms with van der Waals surface area (Å²) < 4.78 is 172. The van der Waals surface area contributed by atoms with Crippen molar-refractivity contribution < 1.29 is 61.8 Å². The van der Waals surface area contributed by atoms with E-state index < -0.39 is 48.8 Å². The second-order valence-electron chi connectivity index (χ2n) is 5.33. The zero-order valence-corrected chi connectivity index (χ0v) is 13.0. The van der Waals surface area contributed by atoms with Crippen molar-refractivity contribution in [3.05, 3.63) is 30.3 Å². The highest BCUT2D eigenvalue weighted by Crippen LogP contribution is 2.60. The predicted octanol–water partition coefficient (Wildman–Crippen LogP) is 5.99. The Hall–Kier alpha value is -1.89. The minimum absolute atomic E-state index is 0.345. The van der Waals surface area contributed by atoms with E-state index in [0.717, 1.165) is 12.1 Å². The van der Waals surface area contributed by atoms with Crippen LogP contribution in [0.2, 0.25) is 0 Å². The van der Waals surface area contributed by atoms with Gasteiger partial charge in [-0.25, -0.2) is 0 Å². The highest BCUT2D eigenvalue weighted by atomic mass is 19.4. The number of hydrogen-bond acceptors (Lipinski definition) is 1. The molecule has 0 heterocycles. The Morgan fingerprint density at radius 3 is 1.61 bits per heavy atom. The van der Waals surface area contributed by atoms with Crippen LogP contribution in [0.25, 0.3) is 0 Å². The third kappa shape index (κ3) is 3.81. The van der Waals surface area contributed by atoms with Crippen LogP contribution in [0.3, 0.4) is 0 Å². The second kappa shape index (κ2) is 7.17. The largest absolute Gasteiger partial charge is 0.493 e. The molecular formula is C14H8F13O. The van der Waals surface area contributed by atoms with Crippen molar-refractivity contribution >= 4 is 0 Å². The summed E-state index contributed by atoms with van der Waals surface area (Å²) in [7, 11) is 0. The third-order valence-electron chi connectivity index (χ3n) is 3.35. The van der Waals surface area contributed by atoms with E-state index in [1.165, 1.54) is 12.1 Å². The van der Waals surface area contributed by atoms with Crippen LogP contribution >= 0.6 is 0 Å². The molecule has 0 fully saturated rings. The highest BCUT2D eigenvalue weighted by molar-refractivity contribution is 5.19. The summed E-state index contributed by atoms with van der Waals surface area (Å²) in [6, 6.07) is 7.08. The summed E-state index contributed by atoms with van der Waals surface area (Å²) in [5, 5.41) is 0. The molecule has 28 heavy (non-hydrogen) atoms. The lowest BCUT2D eigenvalue weighted by Crippen LogP contribution is -2.70. The van der Waals surface area contributed by atoms with Crippen molar-refractivity contribution in [3.8, 4) is 5.75 Å². The highest BCUT2D eigenvalue weighted by Gasteiger charge is 2.90. The molecule has 0 N–H and O–H groups in total. The third-order valence-corrected chi connectivity index (χ3v) is 3.35. The van der Waals surface area contributed by atoms with Gasteiger partial charge in [0, 0.05) is 6.07 Å². The number of ether oxygens (including phenoxy) is 1. The normalized spacial score (nSPS) is 14.9. The number of hydrogen-bond donors (Lipinski definition) is 0. The Labute approximate surface area is 148 Å². The number of para-hydroxylation sites is 1. The lowest BCUT2D eigenvalue weighted by Gasteiger charge is -2.39. The van der Waals surface area contributed by atoms with Crippen molar-refractivity contribution in [1.82, 2.24) is 0 Å². The number of benzene rings is 1. The molecular weight excluding hydrogens is 431 g/mol. The number of rotatable bonds is 8. The van der Waals surface area contributed by atoms with E-state index in [2.05, 4.69) is 10.8 Å². The summed E-state index contributed by atoms with van der Waals surface area (Å²) in [5.41, 5.74) is 0. The van der Waals surface area contributed by atoms with Gasteiger partial charge in [-0.1, -0.05) is 18.2 Å². The molecule has 161 valence electrons. The molecule has 0 aliphatic heterocycles. The number of halogens is 13. The van der Waals surface area contributed by atoms with Gasteiger partial charge < -0.3 is 4.74 Å². The van der Waals surface area contributed by atoms with Gasteiger partial charge in [-0.2, -0.15) is 57.1 Å². The molecule has 0 saturated heterocycles. The molecule has 0 unspecified atom stereocenters. The smallest absolute Gasteiger partial charge is 0.460 e. The zero-order valence-electron chi connectivity index (χ0n) is 13.0. The predicted molar refractivity (Wildman–Crippen MR) is 66.2 cm³/mol. The molecule has 0 aliphatic carbocycles. The maximum atomic E-state index is 13.4. The van der Waals surface area contributed by atoms with Gasteiger partial charge in [0.25, 0.3) is 0 Å². The molecule has 0 spiro atoms. The quantitative estimate of drug-likeness (QED) is 0.452. The van der Waals surface area contributed by atoms with Crippen molar-refractivity contribution in [2.24, 2.45) is 0 Å². The monoisotopic (exact) mass is 439 g/mol. The maximum Gasteiger partial charge on any atom is 0.460 e. The minimum Gasteiger partial charge on any atom is -0.493 e. The van der Waals surface area contributed by atoms with Crippen LogP contribution in [0.5, 0.6) is 5.75 Å². The molecule has 0 amide bonds. The van der Waals surface area contributed by atoms with Gasteiger partial charge in [-0.3, -0.25) is 0 Å². The molecule has 0 bridgehead atoms. The second-order valence-corrected chi connectivity index (χ2v) is 5.33. The summed E-state index contributed by atoms with van der Waals surface area (Å²) in [4.78, 5) is 0. The molecule has 1 radical (unpaired) electrons. The lowest BCUT2D eigenvalue weighted by atomic mass is 9.93. The molecule has 0 aliphatic rings. The Morgan fingerprint density at radius 1 is 0.679 bits per heavy atom. The molecule has 1 aromatic carbocycles. The number of alkyl halides is 13. The van der Waals surface area contributed by atoms with Gasteiger partial charge in [0.15, 0.2) is 0 Å². The van der Waals surface area contributed by atoms with Crippen LogP contribution in [0.1, 0.15) is 6.42 Å². The maximum absolute atomic E-state index is 13.4. The van der Waals surface area contributed by atoms with Crippen molar-refractivity contribution in [2.45, 2.75) is 42.2 Å². The molecule has 14 heteroatoms. The van der Waals surface area contributed by atoms with E-state index >= 15 is 0 Å². The fourth-order valence-electron chi connectivity index (χ4n) is 1.71.